The van der Waals surface area contributed by atoms with Crippen molar-refractivity contribution in [2.75, 3.05) is 5.32 Å². The molecule has 3 aliphatic rings. The zero-order valence-electron chi connectivity index (χ0n) is 23.0. The van der Waals surface area contributed by atoms with E-state index in [1.165, 1.54) is 18.4 Å². The normalized spacial score (nSPS) is 22.0. The zero-order chi connectivity index (χ0) is 27.2. The number of carbonyl (C=O) groups is 4. The van der Waals surface area contributed by atoms with E-state index in [4.69, 9.17) is 0 Å². The van der Waals surface area contributed by atoms with Gasteiger partial charge in [0.2, 0.25) is 11.8 Å². The molecule has 0 spiro atoms. The number of imide groups is 1. The van der Waals surface area contributed by atoms with Crippen LogP contribution in [0.5, 0.6) is 0 Å². The van der Waals surface area contributed by atoms with Gasteiger partial charge in [-0.25, -0.2) is 0 Å². The number of hydrogen-bond acceptors (Lipinski definition) is 4. The van der Waals surface area contributed by atoms with Crippen LogP contribution in [0, 0.1) is 55.9 Å². The van der Waals surface area contributed by atoms with E-state index < -0.39 is 6.04 Å². The molecule has 3 unspecified atom stereocenters. The van der Waals surface area contributed by atoms with Crippen molar-refractivity contribution in [2.24, 2.45) is 11.8 Å². The minimum atomic E-state index is -0.609. The fourth-order valence-electron chi connectivity index (χ4n) is 5.19. The summed E-state index contributed by atoms with van der Waals surface area (Å²) >= 11 is 0. The quantitative estimate of drug-likeness (QED) is 0.193. The predicted molar refractivity (Wildman–Crippen MR) is 148 cm³/mol. The molecule has 0 bridgehead atoms. The third kappa shape index (κ3) is 7.70. The first-order valence-corrected chi connectivity index (χ1v) is 13.9. The molecule has 0 radical (unpaired) electrons. The van der Waals surface area contributed by atoms with Gasteiger partial charge in [-0.3, -0.25) is 14.4 Å². The number of carbonyl (C=O) groups excluding carboxylic acids is 4. The van der Waals surface area contributed by atoms with Crippen LogP contribution in [0.25, 0.3) is 0 Å². The van der Waals surface area contributed by atoms with E-state index in [9.17, 15) is 19.2 Å². The van der Waals surface area contributed by atoms with Gasteiger partial charge >= 0.3 is 31.1 Å². The van der Waals surface area contributed by atoms with Crippen LogP contribution < -0.4 is 5.32 Å². The summed E-state index contributed by atoms with van der Waals surface area (Å²) in [7, 11) is 0. The Morgan fingerprint density at radius 1 is 0.974 bits per heavy atom. The Kier molecular flexibility index (Phi) is 11.6. The zero-order valence-corrected chi connectivity index (χ0v) is 27.2. The van der Waals surface area contributed by atoms with E-state index in [2.05, 4.69) is 30.4 Å². The molecule has 2 aliphatic carbocycles. The fourth-order valence-corrected chi connectivity index (χ4v) is 5.19. The molecule has 5 rings (SSSR count). The van der Waals surface area contributed by atoms with Crippen LogP contribution in [0.4, 0.5) is 5.69 Å². The van der Waals surface area contributed by atoms with Crippen molar-refractivity contribution in [3.8, 4) is 0 Å². The van der Waals surface area contributed by atoms with E-state index in [0.717, 1.165) is 48.6 Å². The monoisotopic (exact) mass is 752 g/mol. The molecule has 204 valence electrons. The summed E-state index contributed by atoms with van der Waals surface area (Å²) in [5, 5.41) is 2.95. The number of nitrogens with one attached hydrogen (secondary N) is 1. The number of Topliss-reactive ketones (excluding diaryl/α,β-unsaturated/α-hetero) is 1. The molecule has 2 fully saturated rings. The van der Waals surface area contributed by atoms with Crippen LogP contribution in [0.2, 0.25) is 0 Å². The molecule has 7 heteroatoms. The van der Waals surface area contributed by atoms with Crippen molar-refractivity contribution in [1.29, 1.82) is 0 Å². The molecule has 2 aromatic rings. The maximum absolute atomic E-state index is 12.4. The SMILES string of the molecule is CC1CCC(N2C(=O)c3[c-]cccc3C2=O)C(=O)C1C.[CH2-]CCCCCC(=O)Nc1ccc(C2CC2)cc1.[U+2]. The second kappa shape index (κ2) is 14.4. The molecule has 1 N–H and O–H groups in total. The van der Waals surface area contributed by atoms with E-state index in [1.807, 2.05) is 26.0 Å². The van der Waals surface area contributed by atoms with Gasteiger partial charge in [-0.1, -0.05) is 44.4 Å². The van der Waals surface area contributed by atoms with Gasteiger partial charge in [-0.2, -0.15) is 6.42 Å². The first-order valence-electron chi connectivity index (χ1n) is 13.9. The molecule has 3 atom stereocenters. The van der Waals surface area contributed by atoms with Gasteiger partial charge in [0.15, 0.2) is 11.7 Å². The summed E-state index contributed by atoms with van der Waals surface area (Å²) in [4.78, 5) is 50.0. The summed E-state index contributed by atoms with van der Waals surface area (Å²) in [5.74, 6) is 0.351. The Balaban J connectivity index is 0.000000211. The molecular weight excluding hydrogens is 714 g/mol. The number of hydrogen-bond donors (Lipinski definition) is 1. The van der Waals surface area contributed by atoms with Gasteiger partial charge in [-0.15, -0.1) is 24.3 Å². The smallest absolute Gasteiger partial charge is 0.343 e. The van der Waals surface area contributed by atoms with E-state index in [1.54, 1.807) is 18.2 Å². The third-order valence-corrected chi connectivity index (χ3v) is 7.97. The molecule has 39 heavy (non-hydrogen) atoms. The van der Waals surface area contributed by atoms with Crippen LogP contribution in [0.1, 0.15) is 104 Å². The predicted octanol–water partition coefficient (Wildman–Crippen LogP) is 6.37. The maximum atomic E-state index is 12.4. The molecule has 1 heterocycles. The average molecular weight is 753 g/mol. The Bertz CT molecular complexity index is 1140. The summed E-state index contributed by atoms with van der Waals surface area (Å²) in [6, 6.07) is 15.4. The Hall–Kier alpha value is -2.23. The van der Waals surface area contributed by atoms with E-state index >= 15 is 0 Å². The third-order valence-electron chi connectivity index (χ3n) is 7.97. The molecular formula is C32H38N2O4U. The number of rotatable bonds is 8. The van der Waals surface area contributed by atoms with E-state index in [0.29, 0.717) is 24.3 Å². The molecule has 1 aliphatic heterocycles. The van der Waals surface area contributed by atoms with E-state index in [-0.39, 0.29) is 66.1 Å². The van der Waals surface area contributed by atoms with Crippen LogP contribution in [-0.4, -0.2) is 34.4 Å². The van der Waals surface area contributed by atoms with Crippen molar-refractivity contribution in [2.45, 2.75) is 83.6 Å². The average Bonchev–Trinajstić information content (AvgIpc) is 3.74. The van der Waals surface area contributed by atoms with Gasteiger partial charge in [0, 0.05) is 18.0 Å². The van der Waals surface area contributed by atoms with Crippen molar-refractivity contribution < 1.29 is 50.3 Å². The molecule has 0 aromatic heterocycles. The number of fused-ring (bicyclic) bond motifs is 1. The van der Waals surface area contributed by atoms with Crippen molar-refractivity contribution >= 4 is 29.2 Å². The van der Waals surface area contributed by atoms with Gasteiger partial charge in [0.05, 0.1) is 6.04 Å². The topological polar surface area (TPSA) is 83.6 Å². The summed E-state index contributed by atoms with van der Waals surface area (Å²) in [6.07, 6.45) is 8.80. The van der Waals surface area contributed by atoms with Crippen LogP contribution >= 0.6 is 0 Å². The molecule has 2 saturated carbocycles. The number of nitrogens with zero attached hydrogens (tertiary/aromatic N) is 1. The summed E-state index contributed by atoms with van der Waals surface area (Å²) < 4.78 is 0. The molecule has 2 aromatic carbocycles. The van der Waals surface area contributed by atoms with Gasteiger partial charge in [-0.05, 0) is 67.2 Å². The van der Waals surface area contributed by atoms with Crippen molar-refractivity contribution in [3.63, 3.8) is 0 Å². The second-order valence-electron chi connectivity index (χ2n) is 10.8. The largest absolute Gasteiger partial charge is 2.00 e. The maximum Gasteiger partial charge on any atom is 2.00 e. The molecule has 0 saturated heterocycles. The Morgan fingerprint density at radius 2 is 1.69 bits per heavy atom. The van der Waals surface area contributed by atoms with Crippen molar-refractivity contribution in [3.05, 3.63) is 72.1 Å². The minimum absolute atomic E-state index is 0. The van der Waals surface area contributed by atoms with Crippen molar-refractivity contribution in [1.82, 2.24) is 4.90 Å². The molecule has 3 amide bonds. The van der Waals surface area contributed by atoms with Crippen LogP contribution in [-0.2, 0) is 9.59 Å². The first kappa shape index (κ1) is 31.3. The number of amides is 3. The summed E-state index contributed by atoms with van der Waals surface area (Å²) in [6.45, 7) is 7.71. The Labute approximate surface area is 256 Å². The van der Waals surface area contributed by atoms with Gasteiger partial charge < -0.3 is 21.9 Å². The fraction of sp³-hybridized carbons (Fsp3) is 0.469. The first-order chi connectivity index (χ1) is 18.3. The Morgan fingerprint density at radius 3 is 2.33 bits per heavy atom. The second-order valence-corrected chi connectivity index (χ2v) is 10.8. The van der Waals surface area contributed by atoms with Gasteiger partial charge in [0.1, 0.15) is 0 Å². The number of benzene rings is 2. The number of ketones is 1. The number of unbranched alkanes of at least 4 members (excludes halogenated alkanes) is 3. The standard InChI is InChI=1S/C16H16NO3.C16H22NO.U/c1-9-7-8-13(14(18)10(9)2)17-15(19)11-5-3-4-6-12(11)16(17)20;1-2-3-4-5-6-16(18)17-15-11-9-14(10-12-15)13-7-8-13;/h3-5,9-10,13H,7-8H2,1-2H3;9-13H,1-8H2,(H,17,18);/q2*-1;+2. The van der Waals surface area contributed by atoms with Crippen LogP contribution in [0.15, 0.2) is 42.5 Å². The molecule has 6 nitrogen and oxygen atoms in total. The summed E-state index contributed by atoms with van der Waals surface area (Å²) in [5.41, 5.74) is 2.97. The number of anilines is 1. The van der Waals surface area contributed by atoms with Crippen LogP contribution in [0.3, 0.4) is 0 Å². The van der Waals surface area contributed by atoms with Gasteiger partial charge in [0.25, 0.3) is 0 Å². The minimum Gasteiger partial charge on any atom is -0.343 e.